The smallest absolute Gasteiger partial charge is 0.308 e. The third-order valence-electron chi connectivity index (χ3n) is 5.86. The molecule has 1 aliphatic carbocycles. The minimum Gasteiger partial charge on any atom is -0.308 e. The Kier molecular flexibility index (Phi) is 3.67. The first kappa shape index (κ1) is 17.1. The van der Waals surface area contributed by atoms with Crippen LogP contribution in [0.15, 0.2) is 39.9 Å². The molecule has 6 nitrogen and oxygen atoms in total. The highest BCUT2D eigenvalue weighted by Gasteiger charge is 2.25. The van der Waals surface area contributed by atoms with Gasteiger partial charge in [0.2, 0.25) is 0 Å². The number of Topliss-reactive ketones (excluding diaryl/α,β-unsaturated/α-hetero) is 1. The number of carbonyl (C=O) groups excluding carboxylic acids is 1. The fourth-order valence-electron chi connectivity index (χ4n) is 4.53. The van der Waals surface area contributed by atoms with Gasteiger partial charge in [-0.3, -0.25) is 18.6 Å². The second kappa shape index (κ2) is 6.01. The number of carbonyl (C=O) groups is 1. The van der Waals surface area contributed by atoms with Crippen molar-refractivity contribution in [3.63, 3.8) is 0 Å². The molecule has 0 N–H and O–H groups in total. The summed E-state index contributed by atoms with van der Waals surface area (Å²) in [6.07, 6.45) is 2.20. The maximum Gasteiger partial charge on any atom is 0.336 e. The van der Waals surface area contributed by atoms with Gasteiger partial charge < -0.3 is 4.90 Å². The van der Waals surface area contributed by atoms with Crippen molar-refractivity contribution in [2.75, 3.05) is 20.6 Å². The summed E-state index contributed by atoms with van der Waals surface area (Å²) in [7, 11) is 3.83. The molecule has 0 aliphatic heterocycles. The van der Waals surface area contributed by atoms with Gasteiger partial charge in [-0.2, -0.15) is 0 Å². The molecule has 4 aromatic rings. The molecule has 0 unspecified atom stereocenters. The Balaban J connectivity index is 1.97. The van der Waals surface area contributed by atoms with Crippen LogP contribution in [0.25, 0.3) is 27.2 Å². The first-order valence-electron chi connectivity index (χ1n) is 9.62. The lowest BCUT2D eigenvalue weighted by Gasteiger charge is -2.15. The normalized spacial score (nSPS) is 14.6. The summed E-state index contributed by atoms with van der Waals surface area (Å²) in [5, 5.41) is 2.37. The SMILES string of the molecule is CN(C)CCn1c(=O)c2cccc3c4c5c(ccc4n(c1=O)c23)C(=O)CCC5. The number of hydrogen-bond acceptors (Lipinski definition) is 4. The van der Waals surface area contributed by atoms with E-state index in [2.05, 4.69) is 0 Å². The van der Waals surface area contributed by atoms with Crippen molar-refractivity contribution in [3.8, 4) is 0 Å². The van der Waals surface area contributed by atoms with E-state index >= 15 is 0 Å². The van der Waals surface area contributed by atoms with Crippen LogP contribution in [0.2, 0.25) is 0 Å². The van der Waals surface area contributed by atoms with Crippen LogP contribution in [-0.2, 0) is 13.0 Å². The average Bonchev–Trinajstić information content (AvgIpc) is 3.02. The quantitative estimate of drug-likeness (QED) is 0.551. The summed E-state index contributed by atoms with van der Waals surface area (Å²) in [6.45, 7) is 0.940. The number of para-hydroxylation sites is 1. The van der Waals surface area contributed by atoms with Crippen molar-refractivity contribution in [2.45, 2.75) is 25.8 Å². The largest absolute Gasteiger partial charge is 0.336 e. The molecule has 142 valence electrons. The van der Waals surface area contributed by atoms with Crippen molar-refractivity contribution >= 4 is 33.0 Å². The number of nitrogens with zero attached hydrogens (tertiary/aromatic N) is 3. The van der Waals surface area contributed by atoms with E-state index in [0.29, 0.717) is 30.4 Å². The lowest BCUT2D eigenvalue weighted by Crippen LogP contribution is -2.39. The van der Waals surface area contributed by atoms with Crippen molar-refractivity contribution in [1.29, 1.82) is 0 Å². The van der Waals surface area contributed by atoms with E-state index in [1.807, 2.05) is 43.3 Å². The van der Waals surface area contributed by atoms with Crippen molar-refractivity contribution in [1.82, 2.24) is 13.9 Å². The minimum absolute atomic E-state index is 0.157. The fraction of sp³-hybridized carbons (Fsp3) is 0.318. The van der Waals surface area contributed by atoms with Crippen molar-refractivity contribution < 1.29 is 4.79 Å². The first-order chi connectivity index (χ1) is 13.5. The molecule has 0 amide bonds. The van der Waals surface area contributed by atoms with Gasteiger partial charge in [0, 0.05) is 35.8 Å². The molecule has 2 aromatic heterocycles. The predicted octanol–water partition coefficient (Wildman–Crippen LogP) is 2.29. The van der Waals surface area contributed by atoms with Gasteiger partial charge >= 0.3 is 5.69 Å². The summed E-state index contributed by atoms with van der Waals surface area (Å²) in [4.78, 5) is 40.7. The number of benzene rings is 2. The number of rotatable bonds is 3. The van der Waals surface area contributed by atoms with Gasteiger partial charge in [0.25, 0.3) is 5.56 Å². The molecular weight excluding hydrogens is 354 g/mol. The summed E-state index contributed by atoms with van der Waals surface area (Å²) in [5.74, 6) is 0.157. The van der Waals surface area contributed by atoms with Crippen LogP contribution in [0.4, 0.5) is 0 Å². The Bertz CT molecular complexity index is 1380. The van der Waals surface area contributed by atoms with Crippen molar-refractivity contribution in [3.05, 3.63) is 62.3 Å². The molecular formula is C22H21N3O3. The van der Waals surface area contributed by atoms with Crippen molar-refractivity contribution in [2.24, 2.45) is 0 Å². The van der Waals surface area contributed by atoms with Crippen LogP contribution in [-0.4, -0.2) is 40.3 Å². The van der Waals surface area contributed by atoms with Gasteiger partial charge in [-0.15, -0.1) is 0 Å². The number of ketones is 1. The van der Waals surface area contributed by atoms with Gasteiger partial charge in [-0.1, -0.05) is 12.1 Å². The Hall–Kier alpha value is -2.99. The van der Waals surface area contributed by atoms with Gasteiger partial charge in [0.05, 0.1) is 16.4 Å². The molecule has 0 fully saturated rings. The molecule has 5 rings (SSSR count). The average molecular weight is 375 g/mol. The molecule has 2 heterocycles. The topological polar surface area (TPSA) is 63.8 Å². The monoisotopic (exact) mass is 375 g/mol. The third-order valence-corrected chi connectivity index (χ3v) is 5.86. The highest BCUT2D eigenvalue weighted by atomic mass is 16.2. The van der Waals surface area contributed by atoms with E-state index in [1.165, 1.54) is 4.57 Å². The number of aromatic nitrogens is 2. The summed E-state index contributed by atoms with van der Waals surface area (Å²) in [5.41, 5.74) is 2.65. The Morgan fingerprint density at radius 3 is 2.57 bits per heavy atom. The maximum absolute atomic E-state index is 13.3. The molecule has 1 aliphatic rings. The second-order valence-electron chi connectivity index (χ2n) is 7.84. The van der Waals surface area contributed by atoms with E-state index in [-0.39, 0.29) is 17.0 Å². The second-order valence-corrected chi connectivity index (χ2v) is 7.84. The van der Waals surface area contributed by atoms with E-state index in [9.17, 15) is 14.4 Å². The molecule has 0 bridgehead atoms. The first-order valence-corrected chi connectivity index (χ1v) is 9.62. The van der Waals surface area contributed by atoms with E-state index in [0.717, 1.165) is 40.3 Å². The molecule has 0 saturated heterocycles. The van der Waals surface area contributed by atoms with E-state index in [1.54, 1.807) is 10.5 Å². The molecule has 0 spiro atoms. The Morgan fingerprint density at radius 2 is 1.79 bits per heavy atom. The molecule has 0 saturated carbocycles. The van der Waals surface area contributed by atoms with E-state index in [4.69, 9.17) is 0 Å². The number of fused-ring (bicyclic) bond motifs is 5. The van der Waals surface area contributed by atoms with Crippen LogP contribution in [0, 0.1) is 0 Å². The lowest BCUT2D eigenvalue weighted by molar-refractivity contribution is 0.0973. The van der Waals surface area contributed by atoms with Crippen LogP contribution in [0.5, 0.6) is 0 Å². The molecule has 28 heavy (non-hydrogen) atoms. The number of hydrogen-bond donors (Lipinski definition) is 0. The van der Waals surface area contributed by atoms with Gasteiger partial charge in [0.15, 0.2) is 5.78 Å². The minimum atomic E-state index is -0.312. The zero-order valence-electron chi connectivity index (χ0n) is 16.0. The maximum atomic E-state index is 13.3. The third kappa shape index (κ3) is 2.21. The summed E-state index contributed by atoms with van der Waals surface area (Å²) in [6, 6.07) is 9.30. The van der Waals surface area contributed by atoms with Crippen LogP contribution >= 0.6 is 0 Å². The number of aryl methyl sites for hydroxylation is 1. The molecule has 0 atom stereocenters. The fourth-order valence-corrected chi connectivity index (χ4v) is 4.53. The number of likely N-dealkylation sites (N-methyl/N-ethyl adjacent to an activating group) is 1. The van der Waals surface area contributed by atoms with Crippen LogP contribution in [0.3, 0.4) is 0 Å². The van der Waals surface area contributed by atoms with Gasteiger partial charge in [-0.25, -0.2) is 4.79 Å². The van der Waals surface area contributed by atoms with Gasteiger partial charge in [-0.05, 0) is 50.7 Å². The highest BCUT2D eigenvalue weighted by Crippen LogP contribution is 2.36. The molecule has 2 aromatic carbocycles. The predicted molar refractivity (Wildman–Crippen MR) is 110 cm³/mol. The van der Waals surface area contributed by atoms with Crippen LogP contribution in [0.1, 0.15) is 28.8 Å². The highest BCUT2D eigenvalue weighted by molar-refractivity contribution is 6.17. The Morgan fingerprint density at radius 1 is 1.00 bits per heavy atom. The zero-order chi connectivity index (χ0) is 19.6. The zero-order valence-corrected chi connectivity index (χ0v) is 16.0. The van der Waals surface area contributed by atoms with Gasteiger partial charge in [0.1, 0.15) is 0 Å². The Labute approximate surface area is 160 Å². The molecule has 6 heteroatoms. The lowest BCUT2D eigenvalue weighted by atomic mass is 9.87. The summed E-state index contributed by atoms with van der Waals surface area (Å²) < 4.78 is 2.99. The van der Waals surface area contributed by atoms with Crippen LogP contribution < -0.4 is 11.2 Å². The standard InChI is InChI=1S/C22H21N3O3/c1-23(2)11-12-24-21(27)16-7-3-6-15-19-14-5-4-8-18(26)13(14)9-10-17(19)25(20(15)16)22(24)28/h3,6-7,9-10H,4-5,8,11-12H2,1-2H3. The van der Waals surface area contributed by atoms with E-state index < -0.39 is 0 Å². The molecule has 0 radical (unpaired) electrons. The summed E-state index contributed by atoms with van der Waals surface area (Å²) >= 11 is 0.